The standard InChI is InChI=1S/C15H22FNS/c1-3-17-15(14-6-4-5-9-18-14)13-10-12(16)8-7-11(13)2/h7-8,10,14-15,17H,3-6,9H2,1-2H3. The van der Waals surface area contributed by atoms with Crippen LogP contribution in [0, 0.1) is 12.7 Å². The van der Waals surface area contributed by atoms with Gasteiger partial charge in [0, 0.05) is 11.3 Å². The van der Waals surface area contributed by atoms with Gasteiger partial charge in [0.1, 0.15) is 5.82 Å². The lowest BCUT2D eigenvalue weighted by Gasteiger charge is -2.31. The van der Waals surface area contributed by atoms with Crippen LogP contribution in [0.4, 0.5) is 4.39 Å². The number of rotatable bonds is 4. The van der Waals surface area contributed by atoms with Crippen molar-refractivity contribution in [3.63, 3.8) is 0 Å². The zero-order valence-corrected chi connectivity index (χ0v) is 12.0. The van der Waals surface area contributed by atoms with Crippen molar-refractivity contribution in [1.29, 1.82) is 0 Å². The first-order chi connectivity index (χ1) is 8.72. The molecule has 0 aliphatic carbocycles. The molecule has 1 aromatic carbocycles. The lowest BCUT2D eigenvalue weighted by atomic mass is 9.95. The van der Waals surface area contributed by atoms with Crippen LogP contribution in [0.1, 0.15) is 43.4 Å². The molecule has 0 aromatic heterocycles. The van der Waals surface area contributed by atoms with E-state index in [-0.39, 0.29) is 11.9 Å². The van der Waals surface area contributed by atoms with E-state index in [0.29, 0.717) is 5.25 Å². The Morgan fingerprint density at radius 3 is 2.94 bits per heavy atom. The molecule has 2 rings (SSSR count). The van der Waals surface area contributed by atoms with Crippen molar-refractivity contribution < 1.29 is 4.39 Å². The number of halogens is 1. The fourth-order valence-electron chi connectivity index (χ4n) is 2.64. The molecule has 1 aromatic rings. The second kappa shape index (κ2) is 6.58. The minimum absolute atomic E-state index is 0.126. The summed E-state index contributed by atoms with van der Waals surface area (Å²) in [5.41, 5.74) is 2.32. The smallest absolute Gasteiger partial charge is 0.123 e. The van der Waals surface area contributed by atoms with Crippen LogP contribution in [0.5, 0.6) is 0 Å². The summed E-state index contributed by atoms with van der Waals surface area (Å²) in [7, 11) is 0. The molecule has 0 spiro atoms. The van der Waals surface area contributed by atoms with E-state index in [0.717, 1.165) is 12.1 Å². The van der Waals surface area contributed by atoms with Gasteiger partial charge < -0.3 is 5.32 Å². The quantitative estimate of drug-likeness (QED) is 0.882. The lowest BCUT2D eigenvalue weighted by molar-refractivity contribution is 0.486. The van der Waals surface area contributed by atoms with E-state index in [1.807, 2.05) is 17.8 Å². The molecule has 2 atom stereocenters. The van der Waals surface area contributed by atoms with E-state index in [1.54, 1.807) is 12.1 Å². The van der Waals surface area contributed by atoms with E-state index >= 15 is 0 Å². The first-order valence-electron chi connectivity index (χ1n) is 6.83. The van der Waals surface area contributed by atoms with Crippen LogP contribution in [0.25, 0.3) is 0 Å². The van der Waals surface area contributed by atoms with Crippen molar-refractivity contribution in [2.24, 2.45) is 0 Å². The zero-order valence-electron chi connectivity index (χ0n) is 11.2. The largest absolute Gasteiger partial charge is 0.309 e. The zero-order chi connectivity index (χ0) is 13.0. The number of benzene rings is 1. The summed E-state index contributed by atoms with van der Waals surface area (Å²) in [6, 6.07) is 5.44. The monoisotopic (exact) mass is 267 g/mol. The molecular formula is C15H22FNS. The van der Waals surface area contributed by atoms with Gasteiger partial charge in [-0.3, -0.25) is 0 Å². The molecule has 1 fully saturated rings. The van der Waals surface area contributed by atoms with Gasteiger partial charge in [-0.05, 0) is 55.3 Å². The first kappa shape index (κ1) is 13.9. The molecule has 1 aliphatic rings. The molecule has 1 N–H and O–H groups in total. The molecular weight excluding hydrogens is 245 g/mol. The topological polar surface area (TPSA) is 12.0 Å². The summed E-state index contributed by atoms with van der Waals surface area (Å²) in [5, 5.41) is 4.13. The van der Waals surface area contributed by atoms with Gasteiger partial charge in [0.2, 0.25) is 0 Å². The first-order valence-corrected chi connectivity index (χ1v) is 7.88. The number of thioether (sulfide) groups is 1. The van der Waals surface area contributed by atoms with E-state index in [2.05, 4.69) is 19.2 Å². The lowest BCUT2D eigenvalue weighted by Crippen LogP contribution is -2.32. The van der Waals surface area contributed by atoms with Gasteiger partial charge in [-0.15, -0.1) is 0 Å². The van der Waals surface area contributed by atoms with Crippen molar-refractivity contribution in [1.82, 2.24) is 5.32 Å². The highest BCUT2D eigenvalue weighted by Gasteiger charge is 2.26. The number of hydrogen-bond donors (Lipinski definition) is 1. The predicted octanol–water partition coefficient (Wildman–Crippen LogP) is 4.07. The fourth-order valence-corrected chi connectivity index (χ4v) is 4.08. The van der Waals surface area contributed by atoms with E-state index in [1.165, 1.54) is 30.6 Å². The van der Waals surface area contributed by atoms with E-state index < -0.39 is 0 Å². The summed E-state index contributed by atoms with van der Waals surface area (Å²) in [6.45, 7) is 5.12. The second-order valence-corrected chi connectivity index (χ2v) is 6.29. The van der Waals surface area contributed by atoms with Crippen LogP contribution in [0.3, 0.4) is 0 Å². The highest BCUT2D eigenvalue weighted by Crippen LogP contribution is 2.36. The Bertz CT molecular complexity index is 388. The highest BCUT2D eigenvalue weighted by atomic mass is 32.2. The average Bonchev–Trinajstić information content (AvgIpc) is 2.40. The van der Waals surface area contributed by atoms with Gasteiger partial charge in [0.25, 0.3) is 0 Å². The van der Waals surface area contributed by atoms with Gasteiger partial charge in [0.05, 0.1) is 0 Å². The van der Waals surface area contributed by atoms with Crippen molar-refractivity contribution in [3.8, 4) is 0 Å². The number of nitrogens with one attached hydrogen (secondary N) is 1. The van der Waals surface area contributed by atoms with Crippen molar-refractivity contribution in [2.45, 2.75) is 44.4 Å². The molecule has 1 aliphatic heterocycles. The maximum absolute atomic E-state index is 13.5. The summed E-state index contributed by atoms with van der Waals surface area (Å²) in [6.07, 6.45) is 3.86. The van der Waals surface area contributed by atoms with Gasteiger partial charge >= 0.3 is 0 Å². The number of aryl methyl sites for hydroxylation is 1. The molecule has 2 unspecified atom stereocenters. The van der Waals surface area contributed by atoms with E-state index in [4.69, 9.17) is 0 Å². The molecule has 0 bridgehead atoms. The molecule has 18 heavy (non-hydrogen) atoms. The highest BCUT2D eigenvalue weighted by molar-refractivity contribution is 8.00. The molecule has 0 saturated carbocycles. The van der Waals surface area contributed by atoms with Gasteiger partial charge in [-0.2, -0.15) is 11.8 Å². The maximum Gasteiger partial charge on any atom is 0.123 e. The predicted molar refractivity (Wildman–Crippen MR) is 77.7 cm³/mol. The maximum atomic E-state index is 13.5. The van der Waals surface area contributed by atoms with E-state index in [9.17, 15) is 4.39 Å². The molecule has 1 heterocycles. The third-order valence-corrected chi connectivity index (χ3v) is 5.05. The Kier molecular flexibility index (Phi) is 5.07. The second-order valence-electron chi connectivity index (χ2n) is 4.94. The average molecular weight is 267 g/mol. The van der Waals surface area contributed by atoms with Crippen LogP contribution in [-0.2, 0) is 0 Å². The molecule has 1 saturated heterocycles. The summed E-state index contributed by atoms with van der Waals surface area (Å²) in [4.78, 5) is 0. The Balaban J connectivity index is 2.24. The number of hydrogen-bond acceptors (Lipinski definition) is 2. The Morgan fingerprint density at radius 1 is 1.44 bits per heavy atom. The van der Waals surface area contributed by atoms with Crippen LogP contribution < -0.4 is 5.32 Å². The molecule has 0 radical (unpaired) electrons. The molecule has 100 valence electrons. The fraction of sp³-hybridized carbons (Fsp3) is 0.600. The molecule has 0 amide bonds. The normalized spacial score (nSPS) is 21.8. The molecule has 3 heteroatoms. The minimum atomic E-state index is -0.126. The summed E-state index contributed by atoms with van der Waals surface area (Å²) >= 11 is 2.04. The third-order valence-electron chi connectivity index (χ3n) is 3.59. The Morgan fingerprint density at radius 2 is 2.28 bits per heavy atom. The van der Waals surface area contributed by atoms with Crippen molar-refractivity contribution in [2.75, 3.05) is 12.3 Å². The summed E-state index contributed by atoms with van der Waals surface area (Å²) in [5.74, 6) is 1.11. The van der Waals surface area contributed by atoms with Crippen LogP contribution in [0.15, 0.2) is 18.2 Å². The van der Waals surface area contributed by atoms with Crippen LogP contribution >= 0.6 is 11.8 Å². The summed E-state index contributed by atoms with van der Waals surface area (Å²) < 4.78 is 13.5. The van der Waals surface area contributed by atoms with Gasteiger partial charge in [0.15, 0.2) is 0 Å². The third kappa shape index (κ3) is 3.27. The van der Waals surface area contributed by atoms with Gasteiger partial charge in [-0.25, -0.2) is 4.39 Å². The SMILES string of the molecule is CCNC(c1cc(F)ccc1C)C1CCCCS1. The van der Waals surface area contributed by atoms with Crippen molar-refractivity contribution in [3.05, 3.63) is 35.1 Å². The Labute approximate surface area is 114 Å². The van der Waals surface area contributed by atoms with Crippen LogP contribution in [-0.4, -0.2) is 17.5 Å². The molecule has 1 nitrogen and oxygen atoms in total. The van der Waals surface area contributed by atoms with Crippen molar-refractivity contribution >= 4 is 11.8 Å². The van der Waals surface area contributed by atoms with Crippen LogP contribution in [0.2, 0.25) is 0 Å². The minimum Gasteiger partial charge on any atom is -0.309 e. The van der Waals surface area contributed by atoms with Gasteiger partial charge in [-0.1, -0.05) is 19.4 Å². The Hall–Kier alpha value is -0.540.